The van der Waals surface area contributed by atoms with Crippen molar-refractivity contribution in [1.82, 2.24) is 0 Å². The van der Waals surface area contributed by atoms with E-state index in [0.717, 1.165) is 0 Å². The van der Waals surface area contributed by atoms with Crippen LogP contribution in [0.25, 0.3) is 6.08 Å². The molecule has 0 N–H and O–H groups in total. The van der Waals surface area contributed by atoms with Crippen molar-refractivity contribution in [2.24, 2.45) is 4.99 Å². The summed E-state index contributed by atoms with van der Waals surface area (Å²) in [5.74, 6) is 0.470. The Hall–Kier alpha value is -3.20. The standard InChI is InChI=1S/C21H19BrN2O6/c1-4-28-18-10-13(8-16(22)19(18)29-12(2)3)9-17-21(25)30-20(23-17)14-6-5-7-15(11-14)24(26)27/h5-12H,4H2,1-3H3/b17-9-. The molecule has 0 amide bonds. The van der Waals surface area contributed by atoms with Gasteiger partial charge in [-0.25, -0.2) is 9.79 Å². The van der Waals surface area contributed by atoms with Crippen molar-refractivity contribution in [1.29, 1.82) is 0 Å². The number of rotatable bonds is 7. The molecular weight excluding hydrogens is 456 g/mol. The molecule has 2 aromatic rings. The fourth-order valence-corrected chi connectivity index (χ4v) is 3.28. The maximum Gasteiger partial charge on any atom is 0.363 e. The van der Waals surface area contributed by atoms with Gasteiger partial charge in [0, 0.05) is 17.7 Å². The van der Waals surface area contributed by atoms with Crippen LogP contribution in [0.1, 0.15) is 31.9 Å². The zero-order chi connectivity index (χ0) is 21.8. The smallest absolute Gasteiger partial charge is 0.363 e. The Balaban J connectivity index is 1.97. The Morgan fingerprint density at radius 1 is 1.30 bits per heavy atom. The number of carbonyl (C=O) groups is 1. The number of hydrogen-bond acceptors (Lipinski definition) is 7. The quantitative estimate of drug-likeness (QED) is 0.245. The highest BCUT2D eigenvalue weighted by Gasteiger charge is 2.25. The normalized spacial score (nSPS) is 14.6. The summed E-state index contributed by atoms with van der Waals surface area (Å²) in [5.41, 5.74) is 0.952. The summed E-state index contributed by atoms with van der Waals surface area (Å²) >= 11 is 3.48. The predicted octanol–water partition coefficient (Wildman–Crippen LogP) is 4.89. The molecule has 0 bridgehead atoms. The second kappa shape index (κ2) is 9.08. The third-order valence-corrected chi connectivity index (χ3v) is 4.50. The molecule has 0 atom stereocenters. The Labute approximate surface area is 181 Å². The molecule has 0 saturated carbocycles. The summed E-state index contributed by atoms with van der Waals surface area (Å²) in [4.78, 5) is 26.9. The Morgan fingerprint density at radius 3 is 2.73 bits per heavy atom. The third-order valence-electron chi connectivity index (χ3n) is 3.91. The van der Waals surface area contributed by atoms with Crippen molar-refractivity contribution in [2.75, 3.05) is 6.61 Å². The van der Waals surface area contributed by atoms with Gasteiger partial charge < -0.3 is 14.2 Å². The Morgan fingerprint density at radius 2 is 2.07 bits per heavy atom. The minimum Gasteiger partial charge on any atom is -0.490 e. The van der Waals surface area contributed by atoms with E-state index in [1.54, 1.807) is 24.3 Å². The van der Waals surface area contributed by atoms with Crippen LogP contribution in [-0.2, 0) is 9.53 Å². The number of benzene rings is 2. The van der Waals surface area contributed by atoms with E-state index < -0.39 is 10.9 Å². The molecule has 8 nitrogen and oxygen atoms in total. The van der Waals surface area contributed by atoms with Crippen LogP contribution in [0, 0.1) is 10.1 Å². The second-order valence-corrected chi connectivity index (χ2v) is 7.43. The van der Waals surface area contributed by atoms with E-state index in [-0.39, 0.29) is 23.4 Å². The number of nitro benzene ring substituents is 1. The molecule has 9 heteroatoms. The first-order valence-electron chi connectivity index (χ1n) is 9.19. The zero-order valence-electron chi connectivity index (χ0n) is 16.5. The number of halogens is 1. The van der Waals surface area contributed by atoms with E-state index in [1.807, 2.05) is 20.8 Å². The van der Waals surface area contributed by atoms with E-state index in [9.17, 15) is 14.9 Å². The van der Waals surface area contributed by atoms with E-state index in [0.29, 0.717) is 33.7 Å². The molecule has 0 saturated heterocycles. The van der Waals surface area contributed by atoms with Gasteiger partial charge in [-0.05, 0) is 66.5 Å². The van der Waals surface area contributed by atoms with Gasteiger partial charge in [-0.2, -0.15) is 0 Å². The Bertz CT molecular complexity index is 1060. The van der Waals surface area contributed by atoms with Gasteiger partial charge in [-0.15, -0.1) is 0 Å². The summed E-state index contributed by atoms with van der Waals surface area (Å²) in [6, 6.07) is 9.27. The molecule has 0 fully saturated rings. The predicted molar refractivity (Wildman–Crippen MR) is 115 cm³/mol. The van der Waals surface area contributed by atoms with Crippen LogP contribution in [0.2, 0.25) is 0 Å². The lowest BCUT2D eigenvalue weighted by atomic mass is 10.1. The van der Waals surface area contributed by atoms with Crippen LogP contribution in [0.3, 0.4) is 0 Å². The van der Waals surface area contributed by atoms with Crippen LogP contribution in [0.4, 0.5) is 5.69 Å². The minimum absolute atomic E-state index is 0.0128. The fraction of sp³-hybridized carbons (Fsp3) is 0.238. The summed E-state index contributed by atoms with van der Waals surface area (Å²) in [5, 5.41) is 11.0. The van der Waals surface area contributed by atoms with E-state index in [1.165, 1.54) is 18.2 Å². The minimum atomic E-state index is -0.645. The van der Waals surface area contributed by atoms with Crippen molar-refractivity contribution < 1.29 is 23.9 Å². The van der Waals surface area contributed by atoms with Gasteiger partial charge in [0.05, 0.1) is 22.1 Å². The van der Waals surface area contributed by atoms with Crippen LogP contribution in [-0.4, -0.2) is 29.5 Å². The van der Waals surface area contributed by atoms with Gasteiger partial charge in [0.2, 0.25) is 5.90 Å². The zero-order valence-corrected chi connectivity index (χ0v) is 18.1. The third kappa shape index (κ3) is 4.85. The topological polar surface area (TPSA) is 100 Å². The van der Waals surface area contributed by atoms with Gasteiger partial charge in [0.1, 0.15) is 0 Å². The average molecular weight is 475 g/mol. The van der Waals surface area contributed by atoms with Gasteiger partial charge in [0.15, 0.2) is 17.2 Å². The highest BCUT2D eigenvalue weighted by atomic mass is 79.9. The van der Waals surface area contributed by atoms with Gasteiger partial charge in [0.25, 0.3) is 5.69 Å². The monoisotopic (exact) mass is 474 g/mol. The lowest BCUT2D eigenvalue weighted by molar-refractivity contribution is -0.384. The van der Waals surface area contributed by atoms with Crippen molar-refractivity contribution in [2.45, 2.75) is 26.9 Å². The molecule has 0 radical (unpaired) electrons. The second-order valence-electron chi connectivity index (χ2n) is 6.57. The molecule has 0 spiro atoms. The van der Waals surface area contributed by atoms with E-state index >= 15 is 0 Å². The summed E-state index contributed by atoms with van der Waals surface area (Å²) in [6.45, 7) is 6.13. The largest absolute Gasteiger partial charge is 0.490 e. The molecular formula is C21H19BrN2O6. The number of cyclic esters (lactones) is 1. The van der Waals surface area contributed by atoms with Crippen LogP contribution < -0.4 is 9.47 Å². The molecule has 1 aliphatic heterocycles. The number of non-ortho nitro benzene ring substituents is 1. The molecule has 156 valence electrons. The maximum absolute atomic E-state index is 12.3. The van der Waals surface area contributed by atoms with E-state index in [4.69, 9.17) is 14.2 Å². The van der Waals surface area contributed by atoms with E-state index in [2.05, 4.69) is 20.9 Å². The first-order chi connectivity index (χ1) is 14.3. The summed E-state index contributed by atoms with van der Waals surface area (Å²) < 4.78 is 17.4. The first kappa shape index (κ1) is 21.5. The average Bonchev–Trinajstić information content (AvgIpc) is 3.05. The number of nitrogens with zero attached hydrogens (tertiary/aromatic N) is 2. The number of nitro groups is 1. The Kier molecular flexibility index (Phi) is 6.51. The van der Waals surface area contributed by atoms with Crippen molar-refractivity contribution in [3.63, 3.8) is 0 Å². The molecule has 1 heterocycles. The number of hydrogen-bond donors (Lipinski definition) is 0. The molecule has 30 heavy (non-hydrogen) atoms. The van der Waals surface area contributed by atoms with Crippen molar-refractivity contribution >= 4 is 39.6 Å². The number of carbonyl (C=O) groups excluding carboxylic acids is 1. The molecule has 0 aromatic heterocycles. The van der Waals surface area contributed by atoms with Gasteiger partial charge >= 0.3 is 5.97 Å². The fourth-order valence-electron chi connectivity index (χ4n) is 2.73. The number of aliphatic imine (C=N–C) groups is 1. The number of ether oxygens (including phenoxy) is 3. The lowest BCUT2D eigenvalue weighted by Crippen LogP contribution is -2.08. The van der Waals surface area contributed by atoms with Crippen molar-refractivity contribution in [3.8, 4) is 11.5 Å². The summed E-state index contributed by atoms with van der Waals surface area (Å²) in [6.07, 6.45) is 1.51. The van der Waals surface area contributed by atoms with Gasteiger partial charge in [-0.3, -0.25) is 10.1 Å². The van der Waals surface area contributed by atoms with Gasteiger partial charge in [-0.1, -0.05) is 6.07 Å². The molecule has 0 aliphatic carbocycles. The van der Waals surface area contributed by atoms with Crippen molar-refractivity contribution in [3.05, 3.63) is 67.8 Å². The molecule has 0 unspecified atom stereocenters. The van der Waals surface area contributed by atoms with Crippen LogP contribution in [0.15, 0.2) is 51.6 Å². The van der Waals surface area contributed by atoms with Crippen LogP contribution >= 0.6 is 15.9 Å². The highest BCUT2D eigenvalue weighted by molar-refractivity contribution is 9.10. The first-order valence-corrected chi connectivity index (χ1v) is 9.98. The van der Waals surface area contributed by atoms with Crippen LogP contribution in [0.5, 0.6) is 11.5 Å². The SMILES string of the molecule is CCOc1cc(/C=C2\N=C(c3cccc([N+](=O)[O-])c3)OC2=O)cc(Br)c1OC(C)C. The molecule has 3 rings (SSSR count). The molecule has 2 aromatic carbocycles. The summed E-state index contributed by atoms with van der Waals surface area (Å²) in [7, 11) is 0. The number of esters is 1. The highest BCUT2D eigenvalue weighted by Crippen LogP contribution is 2.38. The molecule has 1 aliphatic rings. The maximum atomic E-state index is 12.3. The lowest BCUT2D eigenvalue weighted by Gasteiger charge is -2.16.